The lowest BCUT2D eigenvalue weighted by Crippen LogP contribution is -2.27. The van der Waals surface area contributed by atoms with Crippen LogP contribution in [0.1, 0.15) is 32.1 Å². The van der Waals surface area contributed by atoms with Crippen LogP contribution < -0.4 is 5.73 Å². The van der Waals surface area contributed by atoms with E-state index in [9.17, 15) is 4.79 Å². The van der Waals surface area contributed by atoms with E-state index in [1.165, 1.54) is 0 Å². The van der Waals surface area contributed by atoms with Crippen molar-refractivity contribution < 1.29 is 9.53 Å². The van der Waals surface area contributed by atoms with Gasteiger partial charge in [0.05, 0.1) is 5.60 Å². The van der Waals surface area contributed by atoms with Gasteiger partial charge < -0.3 is 10.5 Å². The molecular weight excluding hydrogens is 154 g/mol. The smallest absolute Gasteiger partial charge is 0.220 e. The second-order valence-corrected chi connectivity index (χ2v) is 3.98. The molecule has 0 aromatic rings. The Morgan fingerprint density at radius 3 is 2.83 bits per heavy atom. The van der Waals surface area contributed by atoms with Crippen LogP contribution in [0.5, 0.6) is 0 Å². The Labute approximate surface area is 72.3 Å². The number of amides is 1. The molecule has 1 heterocycles. The van der Waals surface area contributed by atoms with E-state index < -0.39 is 0 Å². The van der Waals surface area contributed by atoms with Crippen molar-refractivity contribution in [2.24, 2.45) is 11.7 Å². The van der Waals surface area contributed by atoms with E-state index in [-0.39, 0.29) is 17.4 Å². The quantitative estimate of drug-likeness (QED) is 0.631. The third kappa shape index (κ3) is 1.22. The zero-order valence-corrected chi connectivity index (χ0v) is 7.21. The second kappa shape index (κ2) is 2.73. The van der Waals surface area contributed by atoms with Crippen LogP contribution >= 0.6 is 0 Å². The molecule has 1 spiro atoms. The number of hydrogen-bond donors (Lipinski definition) is 1. The summed E-state index contributed by atoms with van der Waals surface area (Å²) in [5.74, 6) is -0.0783. The van der Waals surface area contributed by atoms with E-state index in [1.54, 1.807) is 0 Å². The fourth-order valence-corrected chi connectivity index (χ4v) is 2.45. The number of carbonyl (C=O) groups excluding carboxylic acids is 1. The van der Waals surface area contributed by atoms with E-state index in [0.717, 1.165) is 38.7 Å². The molecule has 1 amide bonds. The lowest BCUT2D eigenvalue weighted by atomic mass is 9.97. The standard InChI is InChI=1S/C9H15NO2/c10-8(11)7-2-4-9(6-7)3-1-5-12-9/h7H,1-6H2,(H2,10,11). The van der Waals surface area contributed by atoms with E-state index in [2.05, 4.69) is 0 Å². The van der Waals surface area contributed by atoms with Crippen LogP contribution in [-0.4, -0.2) is 18.1 Å². The van der Waals surface area contributed by atoms with Gasteiger partial charge in [-0.3, -0.25) is 4.79 Å². The van der Waals surface area contributed by atoms with Crippen molar-refractivity contribution in [1.29, 1.82) is 0 Å². The van der Waals surface area contributed by atoms with E-state index >= 15 is 0 Å². The minimum Gasteiger partial charge on any atom is -0.375 e. The van der Waals surface area contributed by atoms with Gasteiger partial charge in [-0.05, 0) is 32.1 Å². The van der Waals surface area contributed by atoms with Gasteiger partial charge in [0.15, 0.2) is 0 Å². The van der Waals surface area contributed by atoms with Crippen molar-refractivity contribution in [2.45, 2.75) is 37.7 Å². The first-order chi connectivity index (χ1) is 5.72. The fourth-order valence-electron chi connectivity index (χ4n) is 2.45. The fraction of sp³-hybridized carbons (Fsp3) is 0.889. The zero-order valence-electron chi connectivity index (χ0n) is 7.21. The van der Waals surface area contributed by atoms with E-state index in [1.807, 2.05) is 0 Å². The van der Waals surface area contributed by atoms with Crippen LogP contribution in [0.2, 0.25) is 0 Å². The first kappa shape index (κ1) is 8.05. The second-order valence-electron chi connectivity index (χ2n) is 3.98. The highest BCUT2D eigenvalue weighted by molar-refractivity contribution is 5.77. The van der Waals surface area contributed by atoms with Gasteiger partial charge in [0.1, 0.15) is 0 Å². The monoisotopic (exact) mass is 169 g/mol. The van der Waals surface area contributed by atoms with Gasteiger partial charge in [0.25, 0.3) is 0 Å². The predicted molar refractivity (Wildman–Crippen MR) is 44.5 cm³/mol. The summed E-state index contributed by atoms with van der Waals surface area (Å²) in [5, 5.41) is 0. The molecule has 1 saturated carbocycles. The number of primary amides is 1. The van der Waals surface area contributed by atoms with Gasteiger partial charge in [-0.15, -0.1) is 0 Å². The highest BCUT2D eigenvalue weighted by Gasteiger charge is 2.44. The summed E-state index contributed by atoms with van der Waals surface area (Å²) in [5.41, 5.74) is 5.30. The Bertz CT molecular complexity index is 197. The molecule has 1 saturated heterocycles. The van der Waals surface area contributed by atoms with Crippen LogP contribution in [0.25, 0.3) is 0 Å². The summed E-state index contributed by atoms with van der Waals surface area (Å²) in [6.07, 6.45) is 5.08. The van der Waals surface area contributed by atoms with Gasteiger partial charge >= 0.3 is 0 Å². The molecule has 0 radical (unpaired) electrons. The molecule has 2 atom stereocenters. The van der Waals surface area contributed by atoms with Crippen LogP contribution in [-0.2, 0) is 9.53 Å². The SMILES string of the molecule is NC(=O)C1CCC2(CCCO2)C1. The minimum absolute atomic E-state index is 0.0414. The molecule has 3 nitrogen and oxygen atoms in total. The molecule has 0 aromatic carbocycles. The normalized spacial score (nSPS) is 40.8. The summed E-state index contributed by atoms with van der Waals surface area (Å²) in [6.45, 7) is 0.867. The van der Waals surface area contributed by atoms with Crippen molar-refractivity contribution in [3.8, 4) is 0 Å². The maximum Gasteiger partial charge on any atom is 0.220 e. The molecule has 0 bridgehead atoms. The molecule has 68 valence electrons. The summed E-state index contributed by atoms with van der Waals surface area (Å²) in [4.78, 5) is 10.9. The van der Waals surface area contributed by atoms with Crippen LogP contribution in [0.3, 0.4) is 0 Å². The van der Waals surface area contributed by atoms with Crippen LogP contribution in [0, 0.1) is 5.92 Å². The van der Waals surface area contributed by atoms with Crippen molar-refractivity contribution in [3.63, 3.8) is 0 Å². The largest absolute Gasteiger partial charge is 0.375 e. The Kier molecular flexibility index (Phi) is 1.83. The molecule has 2 rings (SSSR count). The summed E-state index contributed by atoms with van der Waals surface area (Å²) >= 11 is 0. The third-order valence-corrected chi connectivity index (χ3v) is 3.15. The molecule has 3 heteroatoms. The van der Waals surface area contributed by atoms with Crippen molar-refractivity contribution in [3.05, 3.63) is 0 Å². The lowest BCUT2D eigenvalue weighted by Gasteiger charge is -2.21. The highest BCUT2D eigenvalue weighted by atomic mass is 16.5. The molecule has 2 fully saturated rings. The molecule has 2 N–H and O–H groups in total. The zero-order chi connectivity index (χ0) is 8.60. The van der Waals surface area contributed by atoms with Gasteiger partial charge in [0, 0.05) is 12.5 Å². The van der Waals surface area contributed by atoms with Crippen molar-refractivity contribution in [1.82, 2.24) is 0 Å². The molecule has 2 aliphatic rings. The summed E-state index contributed by atoms with van der Waals surface area (Å²) in [7, 11) is 0. The molecule has 0 aromatic heterocycles. The third-order valence-electron chi connectivity index (χ3n) is 3.15. The van der Waals surface area contributed by atoms with Gasteiger partial charge in [-0.2, -0.15) is 0 Å². The Balaban J connectivity index is 2.01. The van der Waals surface area contributed by atoms with Gasteiger partial charge in [-0.25, -0.2) is 0 Å². The van der Waals surface area contributed by atoms with Crippen molar-refractivity contribution >= 4 is 5.91 Å². The number of rotatable bonds is 1. The number of nitrogens with two attached hydrogens (primary N) is 1. The van der Waals surface area contributed by atoms with Gasteiger partial charge in [-0.1, -0.05) is 0 Å². The number of hydrogen-bond acceptors (Lipinski definition) is 2. The Hall–Kier alpha value is -0.570. The minimum atomic E-state index is -0.151. The maximum atomic E-state index is 10.9. The van der Waals surface area contributed by atoms with E-state index in [0.29, 0.717) is 0 Å². The topological polar surface area (TPSA) is 52.3 Å². The first-order valence-electron chi connectivity index (χ1n) is 4.65. The number of ether oxygens (including phenoxy) is 1. The lowest BCUT2D eigenvalue weighted by molar-refractivity contribution is -0.122. The summed E-state index contributed by atoms with van der Waals surface area (Å²) in [6, 6.07) is 0. The molecule has 1 aliphatic carbocycles. The van der Waals surface area contributed by atoms with E-state index in [4.69, 9.17) is 10.5 Å². The van der Waals surface area contributed by atoms with Crippen LogP contribution in [0.4, 0.5) is 0 Å². The maximum absolute atomic E-state index is 10.9. The Morgan fingerprint density at radius 2 is 2.33 bits per heavy atom. The van der Waals surface area contributed by atoms with Crippen LogP contribution in [0.15, 0.2) is 0 Å². The molecule has 12 heavy (non-hydrogen) atoms. The molecular formula is C9H15NO2. The van der Waals surface area contributed by atoms with Gasteiger partial charge in [0.2, 0.25) is 5.91 Å². The molecule has 2 unspecified atom stereocenters. The van der Waals surface area contributed by atoms with Crippen molar-refractivity contribution in [2.75, 3.05) is 6.61 Å². The highest BCUT2D eigenvalue weighted by Crippen LogP contribution is 2.43. The average molecular weight is 169 g/mol. The summed E-state index contributed by atoms with van der Waals surface area (Å²) < 4.78 is 5.67. The number of carbonyl (C=O) groups is 1. The first-order valence-corrected chi connectivity index (χ1v) is 4.65. The molecule has 1 aliphatic heterocycles. The average Bonchev–Trinajstić information content (AvgIpc) is 2.62. The Morgan fingerprint density at radius 1 is 1.50 bits per heavy atom. The predicted octanol–water partition coefficient (Wildman–Crippen LogP) is 0.821.